The van der Waals surface area contributed by atoms with E-state index in [1.54, 1.807) is 36.4 Å². The van der Waals surface area contributed by atoms with Gasteiger partial charge in [0.2, 0.25) is 0 Å². The number of hydrogen-bond acceptors (Lipinski definition) is 3. The van der Waals surface area contributed by atoms with Gasteiger partial charge in [-0.15, -0.1) is 0 Å². The van der Waals surface area contributed by atoms with E-state index in [1.807, 2.05) is 6.07 Å². The van der Waals surface area contributed by atoms with E-state index in [0.29, 0.717) is 32.2 Å². The Morgan fingerprint density at radius 2 is 1.94 bits per heavy atom. The van der Waals surface area contributed by atoms with Crippen LogP contribution < -0.4 is 10.5 Å². The maximum Gasteiger partial charge on any atom is 0.148 e. The fourth-order valence-electron chi connectivity index (χ4n) is 1.37. The van der Waals surface area contributed by atoms with E-state index in [4.69, 9.17) is 27.3 Å². The molecule has 5 heteroatoms. The summed E-state index contributed by atoms with van der Waals surface area (Å²) in [6.45, 7) is 0. The summed E-state index contributed by atoms with van der Waals surface area (Å²) >= 11 is 9.35. The van der Waals surface area contributed by atoms with Crippen LogP contribution in [-0.2, 0) is 0 Å². The van der Waals surface area contributed by atoms with Gasteiger partial charge in [-0.25, -0.2) is 0 Å². The summed E-state index contributed by atoms with van der Waals surface area (Å²) in [6.07, 6.45) is 0. The third-order valence-electron chi connectivity index (χ3n) is 2.24. The molecular formula is C13H8BrClN2O. The van der Waals surface area contributed by atoms with Crippen molar-refractivity contribution in [3.8, 4) is 17.6 Å². The largest absolute Gasteiger partial charge is 0.455 e. The number of nitrogens with zero attached hydrogens (tertiary/aromatic N) is 1. The summed E-state index contributed by atoms with van der Waals surface area (Å²) in [7, 11) is 0. The van der Waals surface area contributed by atoms with Crippen LogP contribution in [-0.4, -0.2) is 0 Å². The molecule has 0 amide bonds. The Kier molecular flexibility index (Phi) is 3.75. The average Bonchev–Trinajstić information content (AvgIpc) is 2.36. The molecule has 0 aliphatic heterocycles. The maximum atomic E-state index is 8.77. The molecule has 0 saturated carbocycles. The maximum absolute atomic E-state index is 8.77. The minimum absolute atomic E-state index is 0.473. The molecule has 2 N–H and O–H groups in total. The van der Waals surface area contributed by atoms with Gasteiger partial charge in [-0.1, -0.05) is 11.6 Å². The van der Waals surface area contributed by atoms with Gasteiger partial charge in [0, 0.05) is 11.8 Å². The first-order valence-corrected chi connectivity index (χ1v) is 6.20. The summed E-state index contributed by atoms with van der Waals surface area (Å²) in [5, 5.41) is 9.25. The molecule has 0 unspecified atom stereocenters. The van der Waals surface area contributed by atoms with Crippen LogP contribution in [0.5, 0.6) is 11.5 Å². The van der Waals surface area contributed by atoms with Gasteiger partial charge >= 0.3 is 0 Å². The van der Waals surface area contributed by atoms with Gasteiger partial charge in [-0.05, 0) is 46.3 Å². The van der Waals surface area contributed by atoms with Crippen molar-refractivity contribution in [1.82, 2.24) is 0 Å². The minimum Gasteiger partial charge on any atom is -0.455 e. The van der Waals surface area contributed by atoms with Crippen LogP contribution in [0.2, 0.25) is 5.02 Å². The van der Waals surface area contributed by atoms with Crippen molar-refractivity contribution in [2.45, 2.75) is 0 Å². The Balaban J connectivity index is 2.34. The van der Waals surface area contributed by atoms with Crippen molar-refractivity contribution in [1.29, 1.82) is 5.26 Å². The Hall–Kier alpha value is -1.70. The molecule has 2 rings (SSSR count). The molecule has 0 radical (unpaired) electrons. The van der Waals surface area contributed by atoms with E-state index >= 15 is 0 Å². The van der Waals surface area contributed by atoms with Crippen LogP contribution >= 0.6 is 27.5 Å². The predicted molar refractivity (Wildman–Crippen MR) is 74.8 cm³/mol. The molecule has 0 aliphatic rings. The van der Waals surface area contributed by atoms with Gasteiger partial charge in [0.1, 0.15) is 11.5 Å². The lowest BCUT2D eigenvalue weighted by Gasteiger charge is -2.10. The molecule has 90 valence electrons. The number of nitrogens with two attached hydrogens (primary N) is 1. The number of rotatable bonds is 2. The summed E-state index contributed by atoms with van der Waals surface area (Å²) in [5.41, 5.74) is 6.79. The fourth-order valence-corrected chi connectivity index (χ4v) is 1.99. The topological polar surface area (TPSA) is 59.0 Å². The Labute approximate surface area is 118 Å². The second kappa shape index (κ2) is 5.30. The molecule has 0 bridgehead atoms. The first-order valence-electron chi connectivity index (χ1n) is 5.02. The number of anilines is 1. The van der Waals surface area contributed by atoms with E-state index in [-0.39, 0.29) is 0 Å². The second-order valence-corrected chi connectivity index (χ2v) is 4.81. The van der Waals surface area contributed by atoms with E-state index in [0.717, 1.165) is 0 Å². The highest BCUT2D eigenvalue weighted by atomic mass is 79.9. The molecule has 2 aromatic rings. The van der Waals surface area contributed by atoms with Gasteiger partial charge in [0.05, 0.1) is 21.1 Å². The SMILES string of the molecule is N#Cc1ccc(Oc2cc(N)ccc2Cl)c(Br)c1. The molecule has 0 spiro atoms. The van der Waals surface area contributed by atoms with Gasteiger partial charge < -0.3 is 10.5 Å². The molecular weight excluding hydrogens is 316 g/mol. The van der Waals surface area contributed by atoms with Crippen LogP contribution in [0.25, 0.3) is 0 Å². The Bertz CT molecular complexity index is 637. The van der Waals surface area contributed by atoms with Crippen LogP contribution in [0, 0.1) is 11.3 Å². The number of halogens is 2. The monoisotopic (exact) mass is 322 g/mol. The lowest BCUT2D eigenvalue weighted by Crippen LogP contribution is -1.90. The highest BCUT2D eigenvalue weighted by molar-refractivity contribution is 9.10. The molecule has 0 aliphatic carbocycles. The zero-order valence-electron chi connectivity index (χ0n) is 9.15. The molecule has 2 aromatic carbocycles. The average molecular weight is 324 g/mol. The molecule has 0 fully saturated rings. The van der Waals surface area contributed by atoms with Crippen molar-refractivity contribution < 1.29 is 4.74 Å². The molecule has 0 aromatic heterocycles. The van der Waals surface area contributed by atoms with Gasteiger partial charge in [-0.3, -0.25) is 0 Å². The predicted octanol–water partition coefficient (Wildman–Crippen LogP) is 4.35. The summed E-state index contributed by atoms with van der Waals surface area (Å²) < 4.78 is 6.33. The molecule has 3 nitrogen and oxygen atoms in total. The third-order valence-corrected chi connectivity index (χ3v) is 3.17. The number of hydrogen-bond donors (Lipinski definition) is 1. The molecule has 0 saturated heterocycles. The van der Waals surface area contributed by atoms with E-state index in [2.05, 4.69) is 15.9 Å². The quantitative estimate of drug-likeness (QED) is 0.836. The summed E-state index contributed by atoms with van der Waals surface area (Å²) in [5.74, 6) is 1.04. The normalized spacial score (nSPS) is 9.83. The number of nitriles is 1. The zero-order valence-corrected chi connectivity index (χ0v) is 11.5. The molecule has 0 atom stereocenters. The highest BCUT2D eigenvalue weighted by Gasteiger charge is 2.07. The summed E-state index contributed by atoms with van der Waals surface area (Å²) in [6, 6.07) is 12.1. The number of nitrogen functional groups attached to an aromatic ring is 1. The van der Waals surface area contributed by atoms with Crippen LogP contribution in [0.1, 0.15) is 5.56 Å². The third kappa shape index (κ3) is 2.76. The van der Waals surface area contributed by atoms with E-state index < -0.39 is 0 Å². The number of ether oxygens (including phenoxy) is 1. The van der Waals surface area contributed by atoms with Crippen molar-refractivity contribution in [3.63, 3.8) is 0 Å². The van der Waals surface area contributed by atoms with Crippen molar-refractivity contribution >= 4 is 33.2 Å². The summed E-state index contributed by atoms with van der Waals surface area (Å²) in [4.78, 5) is 0. The van der Waals surface area contributed by atoms with Crippen molar-refractivity contribution in [2.24, 2.45) is 0 Å². The fraction of sp³-hybridized carbons (Fsp3) is 0. The van der Waals surface area contributed by atoms with Crippen molar-refractivity contribution in [2.75, 3.05) is 5.73 Å². The van der Waals surface area contributed by atoms with Gasteiger partial charge in [0.15, 0.2) is 0 Å². The lowest BCUT2D eigenvalue weighted by atomic mass is 10.2. The van der Waals surface area contributed by atoms with Crippen LogP contribution in [0.3, 0.4) is 0 Å². The van der Waals surface area contributed by atoms with Crippen molar-refractivity contribution in [3.05, 3.63) is 51.5 Å². The minimum atomic E-state index is 0.473. The first-order chi connectivity index (χ1) is 8.60. The van der Waals surface area contributed by atoms with Gasteiger partial charge in [0.25, 0.3) is 0 Å². The zero-order chi connectivity index (χ0) is 13.1. The van der Waals surface area contributed by atoms with Crippen LogP contribution in [0.4, 0.5) is 5.69 Å². The standard InChI is InChI=1S/C13H8BrClN2O/c14-10-5-8(7-16)1-4-12(10)18-13-6-9(17)2-3-11(13)15/h1-6H,17H2. The van der Waals surface area contributed by atoms with Gasteiger partial charge in [-0.2, -0.15) is 5.26 Å². The molecule has 0 heterocycles. The Morgan fingerprint density at radius 3 is 2.61 bits per heavy atom. The highest BCUT2D eigenvalue weighted by Crippen LogP contribution is 2.35. The lowest BCUT2D eigenvalue weighted by molar-refractivity contribution is 0.480. The first kappa shape index (κ1) is 12.7. The second-order valence-electron chi connectivity index (χ2n) is 3.55. The Morgan fingerprint density at radius 1 is 1.17 bits per heavy atom. The number of benzene rings is 2. The van der Waals surface area contributed by atoms with E-state index in [1.165, 1.54) is 0 Å². The van der Waals surface area contributed by atoms with E-state index in [9.17, 15) is 0 Å². The molecule has 18 heavy (non-hydrogen) atoms. The smallest absolute Gasteiger partial charge is 0.148 e. The van der Waals surface area contributed by atoms with Crippen LogP contribution in [0.15, 0.2) is 40.9 Å².